The minimum absolute atomic E-state index is 0.0915. The van der Waals surface area contributed by atoms with Crippen LogP contribution in [0.25, 0.3) is 0 Å². The van der Waals surface area contributed by atoms with Gasteiger partial charge in [-0.05, 0) is 43.3 Å². The molecule has 0 spiro atoms. The van der Waals surface area contributed by atoms with Gasteiger partial charge >= 0.3 is 5.97 Å². The molecule has 0 bridgehead atoms. The topological polar surface area (TPSA) is 98.5 Å². The molecule has 7 nitrogen and oxygen atoms in total. The molecule has 1 amide bonds. The van der Waals surface area contributed by atoms with Crippen molar-refractivity contribution in [3.8, 4) is 0 Å². The Morgan fingerprint density at radius 3 is 2.41 bits per heavy atom. The lowest BCUT2D eigenvalue weighted by Crippen LogP contribution is -2.30. The fraction of sp³-hybridized carbons (Fsp3) is 0.222. The molecule has 142 valence electrons. The van der Waals surface area contributed by atoms with E-state index in [1.165, 1.54) is 55.1 Å². The number of rotatable bonds is 8. The maximum Gasteiger partial charge on any atom is 0.307 e. The van der Waals surface area contributed by atoms with Crippen molar-refractivity contribution < 1.29 is 23.6 Å². The van der Waals surface area contributed by atoms with Crippen LogP contribution in [-0.2, 0) is 14.3 Å². The molecule has 9 heteroatoms. The van der Waals surface area contributed by atoms with E-state index in [4.69, 9.17) is 4.74 Å². The van der Waals surface area contributed by atoms with Gasteiger partial charge in [-0.3, -0.25) is 19.7 Å². The Morgan fingerprint density at radius 2 is 1.81 bits per heavy atom. The van der Waals surface area contributed by atoms with Crippen LogP contribution in [0.3, 0.4) is 0 Å². The van der Waals surface area contributed by atoms with Gasteiger partial charge in [0.05, 0.1) is 11.3 Å². The second kappa shape index (κ2) is 9.67. The Kier molecular flexibility index (Phi) is 7.30. The summed E-state index contributed by atoms with van der Waals surface area (Å²) in [7, 11) is 0. The van der Waals surface area contributed by atoms with Crippen molar-refractivity contribution in [3.63, 3.8) is 0 Å². The summed E-state index contributed by atoms with van der Waals surface area (Å²) in [4.78, 5) is 34.7. The van der Waals surface area contributed by atoms with Gasteiger partial charge in [0.1, 0.15) is 5.82 Å². The average Bonchev–Trinajstić information content (AvgIpc) is 2.63. The predicted molar refractivity (Wildman–Crippen MR) is 99.0 cm³/mol. The minimum Gasteiger partial charge on any atom is -0.453 e. The summed E-state index contributed by atoms with van der Waals surface area (Å²) in [6.07, 6.45) is -0.916. The van der Waals surface area contributed by atoms with Crippen molar-refractivity contribution in [1.82, 2.24) is 0 Å². The van der Waals surface area contributed by atoms with Gasteiger partial charge in [-0.15, -0.1) is 11.8 Å². The maximum atomic E-state index is 12.8. The molecule has 1 atom stereocenters. The first-order valence-corrected chi connectivity index (χ1v) is 8.97. The number of non-ortho nitro benzene ring substituents is 1. The highest BCUT2D eigenvalue weighted by molar-refractivity contribution is 7.99. The van der Waals surface area contributed by atoms with Crippen LogP contribution in [0.5, 0.6) is 0 Å². The second-order valence-corrected chi connectivity index (χ2v) is 6.65. The molecular weight excluding hydrogens is 375 g/mol. The number of nitro groups is 1. The molecule has 2 aromatic carbocycles. The monoisotopic (exact) mass is 392 g/mol. The van der Waals surface area contributed by atoms with E-state index >= 15 is 0 Å². The summed E-state index contributed by atoms with van der Waals surface area (Å²) < 4.78 is 17.9. The summed E-state index contributed by atoms with van der Waals surface area (Å²) in [5.74, 6) is -0.966. The van der Waals surface area contributed by atoms with Crippen LogP contribution in [0, 0.1) is 15.9 Å². The number of esters is 1. The van der Waals surface area contributed by atoms with Crippen molar-refractivity contribution in [2.75, 3.05) is 11.1 Å². The van der Waals surface area contributed by atoms with Crippen molar-refractivity contribution >= 4 is 35.0 Å². The van der Waals surface area contributed by atoms with Crippen LogP contribution in [0.1, 0.15) is 13.3 Å². The van der Waals surface area contributed by atoms with Crippen molar-refractivity contribution in [2.24, 2.45) is 0 Å². The number of ether oxygens (including phenoxy) is 1. The van der Waals surface area contributed by atoms with E-state index in [0.717, 1.165) is 4.90 Å². The second-order valence-electron chi connectivity index (χ2n) is 5.48. The molecule has 0 aliphatic carbocycles. The number of benzene rings is 2. The van der Waals surface area contributed by atoms with Gasteiger partial charge in [0.15, 0.2) is 6.10 Å². The van der Waals surface area contributed by atoms with E-state index in [1.54, 1.807) is 12.1 Å². The van der Waals surface area contributed by atoms with Gasteiger partial charge in [-0.2, -0.15) is 0 Å². The third-order valence-electron chi connectivity index (χ3n) is 3.41. The smallest absolute Gasteiger partial charge is 0.307 e. The number of amides is 1. The zero-order chi connectivity index (χ0) is 19.8. The molecule has 0 saturated carbocycles. The van der Waals surface area contributed by atoms with Crippen LogP contribution in [0.2, 0.25) is 0 Å². The SMILES string of the molecule is CC(OC(=O)CCSc1ccc(F)cc1)C(=O)Nc1ccc([N+](=O)[O-])cc1. The number of hydrogen-bond acceptors (Lipinski definition) is 6. The Balaban J connectivity index is 1.75. The summed E-state index contributed by atoms with van der Waals surface area (Å²) in [5.41, 5.74) is 0.270. The number of anilines is 1. The Morgan fingerprint density at radius 1 is 1.19 bits per heavy atom. The summed E-state index contributed by atoms with van der Waals surface area (Å²) >= 11 is 1.38. The minimum atomic E-state index is -1.01. The third-order valence-corrected chi connectivity index (χ3v) is 4.43. The number of nitrogens with zero attached hydrogens (tertiary/aromatic N) is 1. The quantitative estimate of drug-likeness (QED) is 0.318. The molecule has 0 saturated heterocycles. The highest BCUT2D eigenvalue weighted by atomic mass is 32.2. The lowest BCUT2D eigenvalue weighted by Gasteiger charge is -2.13. The normalized spacial score (nSPS) is 11.5. The average molecular weight is 392 g/mol. The molecule has 2 aromatic rings. The van der Waals surface area contributed by atoms with Gasteiger partial charge in [0.25, 0.3) is 11.6 Å². The first-order chi connectivity index (χ1) is 12.8. The standard InChI is InChI=1S/C18H17FN2O5S/c1-12(18(23)20-14-4-6-15(7-5-14)21(24)25)26-17(22)10-11-27-16-8-2-13(19)3-9-16/h2-9,12H,10-11H2,1H3,(H,20,23). The molecule has 2 rings (SSSR count). The molecule has 0 radical (unpaired) electrons. The summed E-state index contributed by atoms with van der Waals surface area (Å²) in [5, 5.41) is 13.1. The van der Waals surface area contributed by atoms with E-state index in [2.05, 4.69) is 5.32 Å². The maximum absolute atomic E-state index is 12.8. The zero-order valence-electron chi connectivity index (χ0n) is 14.4. The molecular formula is C18H17FN2O5S. The van der Waals surface area contributed by atoms with Crippen LogP contribution in [0.15, 0.2) is 53.4 Å². The van der Waals surface area contributed by atoms with Crippen LogP contribution < -0.4 is 5.32 Å². The fourth-order valence-electron chi connectivity index (χ4n) is 2.00. The van der Waals surface area contributed by atoms with E-state index < -0.39 is 22.9 Å². The number of nitro benzene ring substituents is 1. The predicted octanol–water partition coefficient (Wildman–Crippen LogP) is 3.79. The lowest BCUT2D eigenvalue weighted by molar-refractivity contribution is -0.384. The number of halogens is 1. The first kappa shape index (κ1) is 20.4. The summed E-state index contributed by atoms with van der Waals surface area (Å²) in [6, 6.07) is 11.2. The van der Waals surface area contributed by atoms with Crippen molar-refractivity contribution in [2.45, 2.75) is 24.3 Å². The molecule has 27 heavy (non-hydrogen) atoms. The molecule has 0 aromatic heterocycles. The van der Waals surface area contributed by atoms with Gasteiger partial charge < -0.3 is 10.1 Å². The van der Waals surface area contributed by atoms with E-state index in [1.807, 2.05) is 0 Å². The highest BCUT2D eigenvalue weighted by Crippen LogP contribution is 2.19. The van der Waals surface area contributed by atoms with Gasteiger partial charge in [0, 0.05) is 28.5 Å². The molecule has 0 aliphatic heterocycles. The summed E-state index contributed by atoms with van der Waals surface area (Å²) in [6.45, 7) is 1.44. The van der Waals surface area contributed by atoms with Crippen molar-refractivity contribution in [3.05, 3.63) is 64.5 Å². The number of carbonyl (C=O) groups is 2. The number of hydrogen-bond donors (Lipinski definition) is 1. The first-order valence-electron chi connectivity index (χ1n) is 7.98. The molecule has 0 aliphatic rings. The Bertz CT molecular complexity index is 812. The number of carbonyl (C=O) groups excluding carboxylic acids is 2. The van der Waals surface area contributed by atoms with Gasteiger partial charge in [-0.1, -0.05) is 0 Å². The van der Waals surface area contributed by atoms with Crippen LogP contribution in [-0.4, -0.2) is 28.7 Å². The molecule has 1 N–H and O–H groups in total. The Labute approximate surface area is 159 Å². The highest BCUT2D eigenvalue weighted by Gasteiger charge is 2.18. The van der Waals surface area contributed by atoms with E-state index in [9.17, 15) is 24.1 Å². The zero-order valence-corrected chi connectivity index (χ0v) is 15.2. The molecule has 0 fully saturated rings. The van der Waals surface area contributed by atoms with Gasteiger partial charge in [0.2, 0.25) is 0 Å². The number of nitrogens with one attached hydrogen (secondary N) is 1. The van der Waals surface area contributed by atoms with Crippen LogP contribution >= 0.6 is 11.8 Å². The van der Waals surface area contributed by atoms with Gasteiger partial charge in [-0.25, -0.2) is 4.39 Å². The van der Waals surface area contributed by atoms with E-state index in [0.29, 0.717) is 11.4 Å². The molecule has 1 unspecified atom stereocenters. The fourth-order valence-corrected chi connectivity index (χ4v) is 2.84. The largest absolute Gasteiger partial charge is 0.453 e. The molecule has 0 heterocycles. The number of thioether (sulfide) groups is 1. The third kappa shape index (κ3) is 6.70. The van der Waals surface area contributed by atoms with Crippen molar-refractivity contribution in [1.29, 1.82) is 0 Å². The van der Waals surface area contributed by atoms with Crippen LogP contribution in [0.4, 0.5) is 15.8 Å². The lowest BCUT2D eigenvalue weighted by atomic mass is 10.2. The van der Waals surface area contributed by atoms with E-state index in [-0.39, 0.29) is 17.9 Å². The Hall–Kier alpha value is -2.94.